The van der Waals surface area contributed by atoms with E-state index in [1.165, 1.54) is 35.3 Å². The van der Waals surface area contributed by atoms with Crippen molar-refractivity contribution < 1.29 is 45.6 Å². The Balaban J connectivity index is 1.20. The van der Waals surface area contributed by atoms with Gasteiger partial charge in [0.05, 0.1) is 29.4 Å². The summed E-state index contributed by atoms with van der Waals surface area (Å²) < 4.78 is 69.2. The Morgan fingerprint density at radius 2 is 1.73 bits per heavy atom. The van der Waals surface area contributed by atoms with Gasteiger partial charge in [0.25, 0.3) is 5.91 Å². The molecule has 2 aliphatic rings. The van der Waals surface area contributed by atoms with Gasteiger partial charge in [0.15, 0.2) is 16.0 Å². The molecule has 260 valence electrons. The fourth-order valence-corrected chi connectivity index (χ4v) is 7.19. The number of benzene rings is 3. The van der Waals surface area contributed by atoms with Crippen LogP contribution in [0, 0.1) is 11.6 Å². The van der Waals surface area contributed by atoms with Gasteiger partial charge in [0, 0.05) is 31.7 Å². The number of thiocarbonyl (C=S) groups is 1. The number of halogens is 2. The molecule has 1 amide bonds. The fraction of sp³-hybridized carbons (Fsp3) is 0.303. The van der Waals surface area contributed by atoms with Gasteiger partial charge >= 0.3 is 16.1 Å². The summed E-state index contributed by atoms with van der Waals surface area (Å²) in [4.78, 5) is 26.9. The van der Waals surface area contributed by atoms with Crippen molar-refractivity contribution in [3.63, 3.8) is 0 Å². The highest BCUT2D eigenvalue weighted by molar-refractivity contribution is 8.26. The third-order valence-electron chi connectivity index (χ3n) is 7.53. The molecule has 2 heterocycles. The molecule has 16 heteroatoms. The molecule has 0 unspecified atom stereocenters. The predicted molar refractivity (Wildman–Crippen MR) is 185 cm³/mol. The average Bonchev–Trinajstić information content (AvgIpc) is 3.34. The number of unbranched alkanes of at least 4 members (excludes halogenated alkanes) is 1. The summed E-state index contributed by atoms with van der Waals surface area (Å²) in [5.74, 6) is -3.27. The molecule has 0 saturated carbocycles. The van der Waals surface area contributed by atoms with Gasteiger partial charge in [0.2, 0.25) is 0 Å². The van der Waals surface area contributed by atoms with Crippen molar-refractivity contribution in [3.05, 3.63) is 88.3 Å². The Morgan fingerprint density at radius 1 is 1.02 bits per heavy atom. The number of hydrogen-bond acceptors (Lipinski definition) is 11. The molecule has 2 aliphatic heterocycles. The van der Waals surface area contributed by atoms with Gasteiger partial charge in [0.1, 0.15) is 18.1 Å². The van der Waals surface area contributed by atoms with Crippen LogP contribution in [0.3, 0.4) is 0 Å². The Hall–Kier alpha value is -3.93. The molecule has 0 aliphatic carbocycles. The smallest absolute Gasteiger partial charge is 0.335 e. The van der Waals surface area contributed by atoms with Crippen LogP contribution in [-0.4, -0.2) is 91.4 Å². The van der Waals surface area contributed by atoms with Crippen molar-refractivity contribution in [3.8, 4) is 22.6 Å². The highest BCUT2D eigenvalue weighted by Crippen LogP contribution is 2.35. The zero-order valence-corrected chi connectivity index (χ0v) is 28.6. The van der Waals surface area contributed by atoms with Gasteiger partial charge in [-0.1, -0.05) is 36.1 Å². The summed E-state index contributed by atoms with van der Waals surface area (Å²) in [7, 11) is -3.93. The zero-order valence-electron chi connectivity index (χ0n) is 26.1. The molecule has 5 rings (SSSR count). The molecule has 11 nitrogen and oxygen atoms in total. The number of hydrogen-bond donors (Lipinski definition) is 2. The van der Waals surface area contributed by atoms with E-state index in [1.54, 1.807) is 24.3 Å². The van der Waals surface area contributed by atoms with Gasteiger partial charge in [-0.15, -0.1) is 0 Å². The van der Waals surface area contributed by atoms with Gasteiger partial charge < -0.3 is 18.8 Å². The maximum absolute atomic E-state index is 14.0. The van der Waals surface area contributed by atoms with Crippen LogP contribution in [0.2, 0.25) is 0 Å². The first-order valence-corrected chi connectivity index (χ1v) is 18.1. The van der Waals surface area contributed by atoms with Gasteiger partial charge in [-0.05, 0) is 78.6 Å². The number of carbonyl (C=O) groups is 2. The second kappa shape index (κ2) is 16.7. The number of carbonyl (C=O) groups excluding carboxylic acids is 1. The van der Waals surface area contributed by atoms with Crippen LogP contribution in [0.1, 0.15) is 28.8 Å². The third kappa shape index (κ3) is 10.1. The lowest BCUT2D eigenvalue weighted by Gasteiger charge is -2.26. The molecule has 3 aromatic rings. The van der Waals surface area contributed by atoms with Crippen molar-refractivity contribution in [2.75, 3.05) is 51.8 Å². The van der Waals surface area contributed by atoms with E-state index in [0.29, 0.717) is 60.1 Å². The average molecular weight is 734 g/mol. The SMILES string of the molecule is O=C(O)c1ccc(OS(=O)(=O)CCCCNN2C(=O)C(=Cc3cc(-c4ccc(F)c(F)c4)ccc3OCCN3CCOCC3)SC2=S)cc1. The summed E-state index contributed by atoms with van der Waals surface area (Å²) in [6.07, 6.45) is 2.23. The lowest BCUT2D eigenvalue weighted by Crippen LogP contribution is -2.41. The highest BCUT2D eigenvalue weighted by Gasteiger charge is 2.32. The summed E-state index contributed by atoms with van der Waals surface area (Å²) in [6, 6.07) is 13.9. The van der Waals surface area contributed by atoms with Crippen LogP contribution in [0.15, 0.2) is 65.6 Å². The number of morpholine rings is 1. The second-order valence-corrected chi connectivity index (χ2v) is 14.4. The van der Waals surface area contributed by atoms with Crippen LogP contribution < -0.4 is 14.3 Å². The van der Waals surface area contributed by atoms with Crippen LogP contribution in [0.5, 0.6) is 11.5 Å². The molecule has 0 bridgehead atoms. The van der Waals surface area contributed by atoms with Crippen LogP contribution in [0.25, 0.3) is 17.2 Å². The normalized spacial score (nSPS) is 16.4. The van der Waals surface area contributed by atoms with Gasteiger partial charge in [-0.2, -0.15) is 8.42 Å². The summed E-state index contributed by atoms with van der Waals surface area (Å²) in [5.41, 5.74) is 4.55. The van der Waals surface area contributed by atoms with E-state index in [-0.39, 0.29) is 34.4 Å². The van der Waals surface area contributed by atoms with Gasteiger partial charge in [-0.25, -0.2) is 24.0 Å². The molecular formula is C33H33F2N3O8S3. The first kappa shape index (κ1) is 36.4. The van der Waals surface area contributed by atoms with E-state index in [2.05, 4.69) is 10.3 Å². The second-order valence-electron chi connectivity index (χ2n) is 11.0. The molecule has 0 aromatic heterocycles. The number of carboxylic acid groups (broad SMARTS) is 1. The Labute approximate surface area is 291 Å². The van der Waals surface area contributed by atoms with Crippen LogP contribution in [-0.2, 0) is 19.6 Å². The summed E-state index contributed by atoms with van der Waals surface area (Å²) in [5, 5.41) is 10.2. The largest absolute Gasteiger partial charge is 0.492 e. The first-order valence-electron chi connectivity index (χ1n) is 15.3. The highest BCUT2D eigenvalue weighted by atomic mass is 32.2. The minimum absolute atomic E-state index is 0.00446. The number of nitrogens with one attached hydrogen (secondary N) is 1. The molecule has 0 radical (unpaired) electrons. The molecule has 49 heavy (non-hydrogen) atoms. The number of nitrogens with zero attached hydrogens (tertiary/aromatic N) is 2. The molecule has 0 spiro atoms. The Morgan fingerprint density at radius 3 is 2.45 bits per heavy atom. The monoisotopic (exact) mass is 733 g/mol. The van der Waals surface area contributed by atoms with Crippen molar-refractivity contribution in [1.82, 2.24) is 15.3 Å². The standard InChI is InChI=1S/C33H33F2N3O8S3/c34-27-9-5-24(20-28(27)35)23-6-10-29(45-17-14-37-12-15-44-16-13-37)25(19-23)21-30-31(39)38(33(47)48-30)36-11-1-2-18-49(42,43)46-26-7-3-22(4-8-26)32(40)41/h3-10,19-21,36H,1-2,11-18H2,(H,40,41). The van der Waals surface area contributed by atoms with E-state index in [4.69, 9.17) is 31.0 Å². The molecule has 0 atom stereocenters. The third-order valence-corrected chi connectivity index (χ3v) is 10.1. The van der Waals surface area contributed by atoms with E-state index in [9.17, 15) is 26.8 Å². The van der Waals surface area contributed by atoms with E-state index in [0.717, 1.165) is 37.0 Å². The number of aromatic carboxylic acids is 1. The number of rotatable bonds is 15. The molecule has 2 N–H and O–H groups in total. The van der Waals surface area contributed by atoms with Crippen molar-refractivity contribution in [1.29, 1.82) is 0 Å². The number of amides is 1. The molecule has 3 aromatic carbocycles. The van der Waals surface area contributed by atoms with Gasteiger partial charge in [-0.3, -0.25) is 9.69 Å². The Bertz CT molecular complexity index is 1830. The van der Waals surface area contributed by atoms with Crippen molar-refractivity contribution in [2.24, 2.45) is 0 Å². The van der Waals surface area contributed by atoms with Crippen molar-refractivity contribution >= 4 is 56.4 Å². The lowest BCUT2D eigenvalue weighted by atomic mass is 10.0. The molecule has 2 fully saturated rings. The first-order chi connectivity index (χ1) is 23.5. The summed E-state index contributed by atoms with van der Waals surface area (Å²) in [6.45, 7) is 4.21. The maximum atomic E-state index is 14.0. The topological polar surface area (TPSA) is 135 Å². The Kier molecular flexibility index (Phi) is 12.4. The van der Waals surface area contributed by atoms with Crippen molar-refractivity contribution in [2.45, 2.75) is 12.8 Å². The zero-order chi connectivity index (χ0) is 35.0. The quantitative estimate of drug-likeness (QED) is 0.0949. The fourth-order valence-electron chi connectivity index (χ4n) is 4.94. The maximum Gasteiger partial charge on any atom is 0.335 e. The summed E-state index contributed by atoms with van der Waals surface area (Å²) >= 11 is 6.51. The number of thioether (sulfide) groups is 1. The molecular weight excluding hydrogens is 701 g/mol. The minimum atomic E-state index is -3.93. The number of carboxylic acids is 1. The predicted octanol–water partition coefficient (Wildman–Crippen LogP) is 4.94. The number of hydrazine groups is 1. The molecule has 2 saturated heterocycles. The van der Waals surface area contributed by atoms with E-state index >= 15 is 0 Å². The van der Waals surface area contributed by atoms with Crippen LogP contribution >= 0.6 is 24.0 Å². The lowest BCUT2D eigenvalue weighted by molar-refractivity contribution is -0.124. The van der Waals surface area contributed by atoms with E-state index < -0.39 is 33.6 Å². The number of ether oxygens (including phenoxy) is 2. The minimum Gasteiger partial charge on any atom is -0.492 e. The van der Waals surface area contributed by atoms with Crippen LogP contribution in [0.4, 0.5) is 8.78 Å². The van der Waals surface area contributed by atoms with E-state index in [1.807, 2.05) is 0 Å².